The summed E-state index contributed by atoms with van der Waals surface area (Å²) >= 11 is 0. The lowest BCUT2D eigenvalue weighted by atomic mass is 10.1. The van der Waals surface area contributed by atoms with Crippen molar-refractivity contribution in [2.24, 2.45) is 5.73 Å². The molecule has 94 valence electrons. The first-order valence-electron chi connectivity index (χ1n) is 6.29. The number of hydrogen-bond donors (Lipinski definition) is 2. The predicted molar refractivity (Wildman–Crippen MR) is 72.3 cm³/mol. The number of carbonyl (C=O) groups excluding carboxylic acids is 1. The lowest BCUT2D eigenvalue weighted by Crippen LogP contribution is -2.11. The lowest BCUT2D eigenvalue weighted by Gasteiger charge is -2.10. The summed E-state index contributed by atoms with van der Waals surface area (Å²) in [5, 5.41) is 3.39. The predicted octanol–water partition coefficient (Wildman–Crippen LogP) is 3.09. The SMILES string of the molecule is CCCCCCNc1ccc(C(N)=O)cc1C. The molecule has 0 aliphatic heterocycles. The molecular weight excluding hydrogens is 212 g/mol. The van der Waals surface area contributed by atoms with Gasteiger partial charge in [0, 0.05) is 17.8 Å². The van der Waals surface area contributed by atoms with Crippen molar-refractivity contribution in [1.82, 2.24) is 0 Å². The molecule has 0 fully saturated rings. The van der Waals surface area contributed by atoms with Gasteiger partial charge in [-0.05, 0) is 37.1 Å². The third-order valence-electron chi connectivity index (χ3n) is 2.86. The molecule has 3 nitrogen and oxygen atoms in total. The molecular formula is C14H22N2O. The van der Waals surface area contributed by atoms with Crippen LogP contribution in [-0.4, -0.2) is 12.5 Å². The largest absolute Gasteiger partial charge is 0.385 e. The Morgan fingerprint density at radius 2 is 2.06 bits per heavy atom. The zero-order valence-corrected chi connectivity index (χ0v) is 10.8. The van der Waals surface area contributed by atoms with Crippen LogP contribution in [0.25, 0.3) is 0 Å². The standard InChI is InChI=1S/C14H22N2O/c1-3-4-5-6-9-16-13-8-7-12(14(15)17)10-11(13)2/h7-8,10,16H,3-6,9H2,1-2H3,(H2,15,17). The van der Waals surface area contributed by atoms with Crippen LogP contribution in [0.15, 0.2) is 18.2 Å². The molecule has 3 heteroatoms. The van der Waals surface area contributed by atoms with E-state index in [9.17, 15) is 4.79 Å². The number of unbranched alkanes of at least 4 members (excludes halogenated alkanes) is 3. The van der Waals surface area contributed by atoms with Crippen LogP contribution >= 0.6 is 0 Å². The van der Waals surface area contributed by atoms with E-state index in [0.29, 0.717) is 5.56 Å². The van der Waals surface area contributed by atoms with Gasteiger partial charge in [0.1, 0.15) is 0 Å². The summed E-state index contributed by atoms with van der Waals surface area (Å²) in [5.74, 6) is -0.373. The first-order chi connectivity index (χ1) is 8.15. The number of carbonyl (C=O) groups is 1. The molecule has 0 bridgehead atoms. The van der Waals surface area contributed by atoms with Crippen molar-refractivity contribution in [2.75, 3.05) is 11.9 Å². The van der Waals surface area contributed by atoms with Crippen LogP contribution in [0.3, 0.4) is 0 Å². The summed E-state index contributed by atoms with van der Waals surface area (Å²) in [4.78, 5) is 11.0. The molecule has 1 aromatic rings. The zero-order chi connectivity index (χ0) is 12.7. The molecule has 17 heavy (non-hydrogen) atoms. The van der Waals surface area contributed by atoms with Crippen LogP contribution in [-0.2, 0) is 0 Å². The number of benzene rings is 1. The smallest absolute Gasteiger partial charge is 0.248 e. The summed E-state index contributed by atoms with van der Waals surface area (Å²) in [7, 11) is 0. The van der Waals surface area contributed by atoms with Crippen LogP contribution in [0, 0.1) is 6.92 Å². The second kappa shape index (κ2) is 6.94. The minimum absolute atomic E-state index is 0.373. The van der Waals surface area contributed by atoms with E-state index in [4.69, 9.17) is 5.73 Å². The van der Waals surface area contributed by atoms with Gasteiger partial charge < -0.3 is 11.1 Å². The topological polar surface area (TPSA) is 55.1 Å². The van der Waals surface area contributed by atoms with E-state index in [1.165, 1.54) is 25.7 Å². The molecule has 0 heterocycles. The third-order valence-corrected chi connectivity index (χ3v) is 2.86. The summed E-state index contributed by atoms with van der Waals surface area (Å²) in [5.41, 5.74) is 7.95. The summed E-state index contributed by atoms with van der Waals surface area (Å²) in [6, 6.07) is 5.52. The highest BCUT2D eigenvalue weighted by molar-refractivity contribution is 5.93. The van der Waals surface area contributed by atoms with Gasteiger partial charge >= 0.3 is 0 Å². The molecule has 0 saturated heterocycles. The maximum atomic E-state index is 11.0. The quantitative estimate of drug-likeness (QED) is 0.712. The first-order valence-corrected chi connectivity index (χ1v) is 6.29. The molecule has 0 atom stereocenters. The molecule has 0 spiro atoms. The van der Waals surface area contributed by atoms with Gasteiger partial charge in [-0.1, -0.05) is 26.2 Å². The van der Waals surface area contributed by atoms with E-state index in [2.05, 4.69) is 12.2 Å². The Morgan fingerprint density at radius 3 is 2.65 bits per heavy atom. The second-order valence-corrected chi connectivity index (χ2v) is 4.38. The molecule has 0 unspecified atom stereocenters. The Hall–Kier alpha value is -1.51. The van der Waals surface area contributed by atoms with Gasteiger partial charge in [0.2, 0.25) is 5.91 Å². The van der Waals surface area contributed by atoms with Gasteiger partial charge in [0.25, 0.3) is 0 Å². The van der Waals surface area contributed by atoms with Crippen LogP contribution < -0.4 is 11.1 Å². The van der Waals surface area contributed by atoms with Crippen LogP contribution in [0.4, 0.5) is 5.69 Å². The molecule has 1 rings (SSSR count). The monoisotopic (exact) mass is 234 g/mol. The maximum Gasteiger partial charge on any atom is 0.248 e. The van der Waals surface area contributed by atoms with Crippen molar-refractivity contribution in [3.8, 4) is 0 Å². The van der Waals surface area contributed by atoms with Gasteiger partial charge in [-0.3, -0.25) is 4.79 Å². The number of primary amides is 1. The molecule has 3 N–H and O–H groups in total. The van der Waals surface area contributed by atoms with Crippen LogP contribution in [0.2, 0.25) is 0 Å². The van der Waals surface area contributed by atoms with E-state index in [-0.39, 0.29) is 5.91 Å². The fraction of sp³-hybridized carbons (Fsp3) is 0.500. The number of amides is 1. The van der Waals surface area contributed by atoms with Gasteiger partial charge in [0.15, 0.2) is 0 Å². The molecule has 0 aliphatic rings. The van der Waals surface area contributed by atoms with E-state index in [0.717, 1.165) is 17.8 Å². The van der Waals surface area contributed by atoms with E-state index in [1.54, 1.807) is 6.07 Å². The maximum absolute atomic E-state index is 11.0. The van der Waals surface area contributed by atoms with Gasteiger partial charge in [-0.2, -0.15) is 0 Å². The van der Waals surface area contributed by atoms with Gasteiger partial charge in [-0.25, -0.2) is 0 Å². The van der Waals surface area contributed by atoms with Gasteiger partial charge in [0.05, 0.1) is 0 Å². The molecule has 0 aromatic heterocycles. The Morgan fingerprint density at radius 1 is 1.29 bits per heavy atom. The summed E-state index contributed by atoms with van der Waals surface area (Å²) in [6.07, 6.45) is 5.00. The van der Waals surface area contributed by atoms with Crippen molar-refractivity contribution in [3.05, 3.63) is 29.3 Å². The van der Waals surface area contributed by atoms with E-state index in [1.807, 2.05) is 19.1 Å². The second-order valence-electron chi connectivity index (χ2n) is 4.38. The normalized spacial score (nSPS) is 10.2. The highest BCUT2D eigenvalue weighted by Crippen LogP contribution is 2.16. The first kappa shape index (κ1) is 13.6. The molecule has 0 aliphatic carbocycles. The number of hydrogen-bond acceptors (Lipinski definition) is 2. The van der Waals surface area contributed by atoms with Gasteiger partial charge in [-0.15, -0.1) is 0 Å². The fourth-order valence-electron chi connectivity index (χ4n) is 1.79. The van der Waals surface area contributed by atoms with Crippen molar-refractivity contribution in [2.45, 2.75) is 39.5 Å². The third kappa shape index (κ3) is 4.47. The summed E-state index contributed by atoms with van der Waals surface area (Å²) in [6.45, 7) is 5.18. The lowest BCUT2D eigenvalue weighted by molar-refractivity contribution is 0.1000. The Bertz CT molecular complexity index is 374. The molecule has 0 radical (unpaired) electrons. The average Bonchev–Trinajstić information content (AvgIpc) is 2.30. The Labute approximate surface area is 103 Å². The minimum Gasteiger partial charge on any atom is -0.385 e. The van der Waals surface area contributed by atoms with Crippen molar-refractivity contribution in [3.63, 3.8) is 0 Å². The number of nitrogens with two attached hydrogens (primary N) is 1. The summed E-state index contributed by atoms with van der Waals surface area (Å²) < 4.78 is 0. The molecule has 1 aromatic carbocycles. The van der Waals surface area contributed by atoms with Crippen LogP contribution in [0.5, 0.6) is 0 Å². The Balaban J connectivity index is 2.46. The highest BCUT2D eigenvalue weighted by Gasteiger charge is 2.03. The van der Waals surface area contributed by atoms with Crippen molar-refractivity contribution in [1.29, 1.82) is 0 Å². The number of rotatable bonds is 7. The van der Waals surface area contributed by atoms with Crippen LogP contribution in [0.1, 0.15) is 48.5 Å². The van der Waals surface area contributed by atoms with E-state index < -0.39 is 0 Å². The Kier molecular flexibility index (Phi) is 5.53. The average molecular weight is 234 g/mol. The number of aryl methyl sites for hydroxylation is 1. The fourth-order valence-corrected chi connectivity index (χ4v) is 1.79. The molecule has 1 amide bonds. The van der Waals surface area contributed by atoms with E-state index >= 15 is 0 Å². The highest BCUT2D eigenvalue weighted by atomic mass is 16.1. The zero-order valence-electron chi connectivity index (χ0n) is 10.8. The number of anilines is 1. The molecule has 0 saturated carbocycles. The minimum atomic E-state index is -0.373. The van der Waals surface area contributed by atoms with Crippen molar-refractivity contribution < 1.29 is 4.79 Å². The van der Waals surface area contributed by atoms with Crippen molar-refractivity contribution >= 4 is 11.6 Å². The number of nitrogens with one attached hydrogen (secondary N) is 1.